The fourth-order valence-corrected chi connectivity index (χ4v) is 3.80. The van der Waals surface area contributed by atoms with Crippen LogP contribution in [0.1, 0.15) is 42.6 Å². The Morgan fingerprint density at radius 3 is 2.75 bits per heavy atom. The molecule has 3 nitrogen and oxygen atoms in total. The molecule has 0 radical (unpaired) electrons. The van der Waals surface area contributed by atoms with Crippen molar-refractivity contribution in [1.82, 2.24) is 15.1 Å². The molecule has 0 spiro atoms. The Morgan fingerprint density at radius 1 is 1.40 bits per heavy atom. The van der Waals surface area contributed by atoms with Gasteiger partial charge < -0.3 is 5.32 Å². The third-order valence-corrected chi connectivity index (χ3v) is 5.07. The van der Waals surface area contributed by atoms with Crippen molar-refractivity contribution >= 4 is 27.3 Å². The van der Waals surface area contributed by atoms with Crippen molar-refractivity contribution in [3.8, 4) is 0 Å². The van der Waals surface area contributed by atoms with Gasteiger partial charge in [0.25, 0.3) is 0 Å². The molecule has 0 saturated carbocycles. The van der Waals surface area contributed by atoms with Gasteiger partial charge in [-0.05, 0) is 47.4 Å². The van der Waals surface area contributed by atoms with Crippen molar-refractivity contribution in [2.75, 3.05) is 6.54 Å². The van der Waals surface area contributed by atoms with Gasteiger partial charge in [0.1, 0.15) is 0 Å². The summed E-state index contributed by atoms with van der Waals surface area (Å²) in [6.45, 7) is 5.38. The summed E-state index contributed by atoms with van der Waals surface area (Å²) in [7, 11) is 2.04. The van der Waals surface area contributed by atoms with Crippen molar-refractivity contribution < 1.29 is 0 Å². The zero-order valence-corrected chi connectivity index (χ0v) is 14.7. The fraction of sp³-hybridized carbons (Fsp3) is 0.533. The van der Waals surface area contributed by atoms with E-state index in [0.29, 0.717) is 6.04 Å². The number of nitrogens with zero attached hydrogens (tertiary/aromatic N) is 2. The second-order valence-corrected chi connectivity index (χ2v) is 6.89. The van der Waals surface area contributed by atoms with Crippen LogP contribution in [0.15, 0.2) is 22.0 Å². The van der Waals surface area contributed by atoms with E-state index in [9.17, 15) is 0 Å². The molecule has 2 rings (SSSR count). The molecule has 20 heavy (non-hydrogen) atoms. The van der Waals surface area contributed by atoms with Crippen molar-refractivity contribution in [3.63, 3.8) is 0 Å². The smallest absolute Gasteiger partial charge is 0.0625 e. The van der Waals surface area contributed by atoms with Crippen LogP contribution in [0, 0.1) is 0 Å². The molecule has 0 fully saturated rings. The van der Waals surface area contributed by atoms with Gasteiger partial charge in [-0.2, -0.15) is 5.10 Å². The van der Waals surface area contributed by atoms with Gasteiger partial charge in [-0.1, -0.05) is 13.8 Å². The van der Waals surface area contributed by atoms with E-state index in [1.165, 1.54) is 15.0 Å². The quantitative estimate of drug-likeness (QED) is 0.810. The Kier molecular flexibility index (Phi) is 5.81. The number of hydrogen-bond acceptors (Lipinski definition) is 3. The fourth-order valence-electron chi connectivity index (χ4n) is 2.30. The highest BCUT2D eigenvalue weighted by Gasteiger charge is 2.17. The maximum absolute atomic E-state index is 4.58. The molecule has 0 bridgehead atoms. The largest absolute Gasteiger partial charge is 0.308 e. The molecule has 0 aliphatic rings. The maximum atomic E-state index is 4.58. The van der Waals surface area contributed by atoms with E-state index in [-0.39, 0.29) is 0 Å². The van der Waals surface area contributed by atoms with Crippen LogP contribution < -0.4 is 5.32 Å². The van der Waals surface area contributed by atoms with Gasteiger partial charge >= 0.3 is 0 Å². The molecule has 0 aliphatic carbocycles. The van der Waals surface area contributed by atoms with Crippen LogP contribution in [0.5, 0.6) is 0 Å². The van der Waals surface area contributed by atoms with Gasteiger partial charge in [-0.25, -0.2) is 0 Å². The van der Waals surface area contributed by atoms with Gasteiger partial charge in [0.15, 0.2) is 0 Å². The van der Waals surface area contributed by atoms with Gasteiger partial charge in [-0.15, -0.1) is 11.3 Å². The number of nitrogens with one attached hydrogen (secondary N) is 1. The molecule has 0 aliphatic heterocycles. The van der Waals surface area contributed by atoms with Crippen molar-refractivity contribution in [3.05, 3.63) is 38.3 Å². The zero-order chi connectivity index (χ0) is 14.5. The van der Waals surface area contributed by atoms with Gasteiger partial charge in [0.2, 0.25) is 0 Å². The average molecular weight is 356 g/mol. The molecule has 2 heterocycles. The van der Waals surface area contributed by atoms with Crippen LogP contribution >= 0.6 is 27.3 Å². The second-order valence-electron chi connectivity index (χ2n) is 4.98. The summed E-state index contributed by atoms with van der Waals surface area (Å²) >= 11 is 5.34. The SMILES string of the molecule is CCCNC(Cc1cc(Br)cs1)c1cc(CC)nn1C. The Morgan fingerprint density at radius 2 is 2.20 bits per heavy atom. The van der Waals surface area contributed by atoms with Gasteiger partial charge in [0.05, 0.1) is 17.4 Å². The first-order valence-corrected chi connectivity index (χ1v) is 8.80. The van der Waals surface area contributed by atoms with E-state index in [1.54, 1.807) is 0 Å². The molecule has 1 N–H and O–H groups in total. The molecular weight excluding hydrogens is 334 g/mol. The summed E-state index contributed by atoms with van der Waals surface area (Å²) in [4.78, 5) is 1.39. The highest BCUT2D eigenvalue weighted by atomic mass is 79.9. The number of halogens is 1. The summed E-state index contributed by atoms with van der Waals surface area (Å²) in [5.74, 6) is 0. The lowest BCUT2D eigenvalue weighted by Crippen LogP contribution is -2.25. The third kappa shape index (κ3) is 3.93. The van der Waals surface area contributed by atoms with Crippen LogP contribution in [-0.2, 0) is 19.9 Å². The minimum atomic E-state index is 0.332. The van der Waals surface area contributed by atoms with E-state index in [2.05, 4.69) is 57.7 Å². The molecule has 110 valence electrons. The predicted octanol–water partition coefficient (Wildman–Crippen LogP) is 4.09. The molecule has 0 saturated heterocycles. The normalized spacial score (nSPS) is 12.8. The number of aromatic nitrogens is 2. The van der Waals surface area contributed by atoms with Crippen molar-refractivity contribution in [2.24, 2.45) is 7.05 Å². The summed E-state index contributed by atoms with van der Waals surface area (Å²) in [6, 6.07) is 4.77. The lowest BCUT2D eigenvalue weighted by Gasteiger charge is -2.18. The first-order valence-electron chi connectivity index (χ1n) is 7.13. The van der Waals surface area contributed by atoms with E-state index in [0.717, 1.165) is 31.5 Å². The van der Waals surface area contributed by atoms with E-state index < -0.39 is 0 Å². The topological polar surface area (TPSA) is 29.9 Å². The molecule has 1 unspecified atom stereocenters. The maximum Gasteiger partial charge on any atom is 0.0625 e. The van der Waals surface area contributed by atoms with Crippen molar-refractivity contribution in [1.29, 1.82) is 0 Å². The van der Waals surface area contributed by atoms with E-state index in [4.69, 9.17) is 0 Å². The summed E-state index contributed by atoms with van der Waals surface area (Å²) in [5.41, 5.74) is 2.44. The third-order valence-electron chi connectivity index (χ3n) is 3.35. The second kappa shape index (κ2) is 7.38. The molecule has 0 aromatic carbocycles. The minimum absolute atomic E-state index is 0.332. The zero-order valence-electron chi connectivity index (χ0n) is 12.3. The average Bonchev–Trinajstić information content (AvgIpc) is 3.00. The predicted molar refractivity (Wildman–Crippen MR) is 89.3 cm³/mol. The highest BCUT2D eigenvalue weighted by molar-refractivity contribution is 9.10. The molecule has 1 atom stereocenters. The first-order chi connectivity index (χ1) is 9.63. The number of rotatable bonds is 7. The molecule has 5 heteroatoms. The van der Waals surface area contributed by atoms with Crippen molar-refractivity contribution in [2.45, 2.75) is 39.2 Å². The number of thiophene rings is 1. The minimum Gasteiger partial charge on any atom is -0.308 e. The standard InChI is InChI=1S/C15H22BrN3S/c1-4-6-17-14(9-13-7-11(16)10-20-13)15-8-12(5-2)18-19(15)3/h7-8,10,14,17H,4-6,9H2,1-3H3. The lowest BCUT2D eigenvalue weighted by molar-refractivity contribution is 0.495. The van der Waals surface area contributed by atoms with E-state index in [1.807, 2.05) is 23.1 Å². The van der Waals surface area contributed by atoms with Crippen LogP contribution in [-0.4, -0.2) is 16.3 Å². The summed E-state index contributed by atoms with van der Waals surface area (Å²) in [6.07, 6.45) is 3.14. The van der Waals surface area contributed by atoms with Crippen LogP contribution in [0.3, 0.4) is 0 Å². The Labute approximate surface area is 133 Å². The Hall–Kier alpha value is -0.650. The molecule has 0 amide bonds. The van der Waals surface area contributed by atoms with Crippen LogP contribution in [0.25, 0.3) is 0 Å². The molecule has 2 aromatic heterocycles. The molecule has 2 aromatic rings. The Bertz CT molecular complexity index is 547. The van der Waals surface area contributed by atoms with Crippen LogP contribution in [0.2, 0.25) is 0 Å². The number of hydrogen-bond donors (Lipinski definition) is 1. The number of aryl methyl sites for hydroxylation is 2. The van der Waals surface area contributed by atoms with Gasteiger partial charge in [0, 0.05) is 28.2 Å². The van der Waals surface area contributed by atoms with E-state index >= 15 is 0 Å². The first kappa shape index (κ1) is 15.7. The summed E-state index contributed by atoms with van der Waals surface area (Å²) in [5, 5.41) is 10.4. The van der Waals surface area contributed by atoms with Gasteiger partial charge in [-0.3, -0.25) is 4.68 Å². The lowest BCUT2D eigenvalue weighted by atomic mass is 10.1. The van der Waals surface area contributed by atoms with Crippen LogP contribution in [0.4, 0.5) is 0 Å². The molecular formula is C15H22BrN3S. The monoisotopic (exact) mass is 355 g/mol. The Balaban J connectivity index is 2.19. The summed E-state index contributed by atoms with van der Waals surface area (Å²) < 4.78 is 3.19. The highest BCUT2D eigenvalue weighted by Crippen LogP contribution is 2.26.